The number of hydrogen-bond donors (Lipinski definition) is 1. The van der Waals surface area contributed by atoms with Crippen molar-refractivity contribution in [2.45, 2.75) is 25.0 Å². The first-order valence-corrected chi connectivity index (χ1v) is 8.83. The van der Waals surface area contributed by atoms with Crippen LogP contribution in [-0.4, -0.2) is 24.9 Å². The molecule has 5 nitrogen and oxygen atoms in total. The van der Waals surface area contributed by atoms with E-state index >= 15 is 0 Å². The van der Waals surface area contributed by atoms with Crippen LogP contribution in [0.4, 0.5) is 8.78 Å². The summed E-state index contributed by atoms with van der Waals surface area (Å²) in [6.45, 7) is 1.70. The highest BCUT2D eigenvalue weighted by molar-refractivity contribution is 5.78. The Bertz CT molecular complexity index is 1120. The number of aliphatic hydroxyl groups is 1. The summed E-state index contributed by atoms with van der Waals surface area (Å²) in [4.78, 5) is 8.52. The highest BCUT2D eigenvalue weighted by atomic mass is 19.1. The van der Waals surface area contributed by atoms with E-state index in [9.17, 15) is 13.9 Å². The molecule has 0 radical (unpaired) electrons. The highest BCUT2D eigenvalue weighted by Crippen LogP contribution is 2.39. The molecule has 2 aromatic heterocycles. The van der Waals surface area contributed by atoms with Gasteiger partial charge in [0.15, 0.2) is 0 Å². The quantitative estimate of drug-likeness (QED) is 0.572. The predicted molar refractivity (Wildman–Crippen MR) is 100 cm³/mol. The number of rotatable bonds is 5. The SMILES string of the molecule is CC(c1ccc2ccccc2n1)C(O)(Cn1cncn1)c1ccc(F)cc1F. The van der Waals surface area contributed by atoms with Gasteiger partial charge in [0, 0.05) is 28.6 Å². The van der Waals surface area contributed by atoms with E-state index in [1.54, 1.807) is 13.0 Å². The van der Waals surface area contributed by atoms with Crippen LogP contribution in [0, 0.1) is 11.6 Å². The number of hydrogen-bond acceptors (Lipinski definition) is 4. The molecule has 0 aliphatic rings. The Morgan fingerprint density at radius 3 is 2.68 bits per heavy atom. The second-order valence-corrected chi connectivity index (χ2v) is 6.79. The van der Waals surface area contributed by atoms with Crippen LogP contribution in [0.5, 0.6) is 0 Å². The Hall–Kier alpha value is -3.19. The van der Waals surface area contributed by atoms with Crippen molar-refractivity contribution in [2.75, 3.05) is 0 Å². The van der Waals surface area contributed by atoms with E-state index in [0.717, 1.165) is 23.0 Å². The van der Waals surface area contributed by atoms with Crippen LogP contribution in [0.2, 0.25) is 0 Å². The van der Waals surface area contributed by atoms with Gasteiger partial charge in [-0.1, -0.05) is 37.3 Å². The summed E-state index contributed by atoms with van der Waals surface area (Å²) in [5.74, 6) is -2.14. The van der Waals surface area contributed by atoms with Crippen LogP contribution in [0.3, 0.4) is 0 Å². The summed E-state index contributed by atoms with van der Waals surface area (Å²) in [7, 11) is 0. The lowest BCUT2D eigenvalue weighted by atomic mass is 9.79. The van der Waals surface area contributed by atoms with Crippen molar-refractivity contribution in [3.05, 3.63) is 90.1 Å². The Balaban J connectivity index is 1.83. The fraction of sp³-hybridized carbons (Fsp3) is 0.190. The molecule has 0 fully saturated rings. The molecule has 4 aromatic rings. The van der Waals surface area contributed by atoms with Crippen LogP contribution in [0.1, 0.15) is 24.1 Å². The molecule has 0 bridgehead atoms. The Morgan fingerprint density at radius 2 is 1.93 bits per heavy atom. The van der Waals surface area contributed by atoms with Gasteiger partial charge in [0.05, 0.1) is 12.1 Å². The van der Waals surface area contributed by atoms with Crippen molar-refractivity contribution in [1.29, 1.82) is 0 Å². The molecule has 7 heteroatoms. The van der Waals surface area contributed by atoms with Crippen molar-refractivity contribution in [3.63, 3.8) is 0 Å². The largest absolute Gasteiger partial charge is 0.382 e. The Kier molecular flexibility index (Phi) is 4.60. The van der Waals surface area contributed by atoms with Crippen LogP contribution < -0.4 is 0 Å². The molecule has 0 aliphatic carbocycles. The van der Waals surface area contributed by atoms with Gasteiger partial charge in [-0.3, -0.25) is 4.98 Å². The van der Waals surface area contributed by atoms with Crippen LogP contribution in [0.25, 0.3) is 10.9 Å². The van der Waals surface area contributed by atoms with E-state index in [2.05, 4.69) is 15.1 Å². The molecule has 2 heterocycles. The molecule has 1 N–H and O–H groups in total. The minimum atomic E-state index is -1.72. The fourth-order valence-corrected chi connectivity index (χ4v) is 3.42. The van der Waals surface area contributed by atoms with Gasteiger partial charge in [-0.25, -0.2) is 18.4 Å². The van der Waals surface area contributed by atoms with E-state index in [-0.39, 0.29) is 12.1 Å². The van der Waals surface area contributed by atoms with Gasteiger partial charge in [0.25, 0.3) is 0 Å². The predicted octanol–water partition coefficient (Wildman–Crippen LogP) is 3.80. The van der Waals surface area contributed by atoms with E-state index in [1.807, 2.05) is 30.3 Å². The van der Waals surface area contributed by atoms with Crippen LogP contribution >= 0.6 is 0 Å². The number of fused-ring (bicyclic) bond motifs is 1. The molecule has 0 saturated heterocycles. The maximum Gasteiger partial charge on any atom is 0.137 e. The minimum absolute atomic E-state index is 0.0214. The van der Waals surface area contributed by atoms with Gasteiger partial charge in [0.1, 0.15) is 29.9 Å². The molecule has 0 spiro atoms. The lowest BCUT2D eigenvalue weighted by Gasteiger charge is -2.34. The molecule has 4 rings (SSSR count). The van der Waals surface area contributed by atoms with E-state index in [0.29, 0.717) is 5.69 Å². The molecule has 0 saturated carbocycles. The van der Waals surface area contributed by atoms with Crippen LogP contribution in [-0.2, 0) is 12.1 Å². The summed E-state index contributed by atoms with van der Waals surface area (Å²) >= 11 is 0. The molecule has 0 amide bonds. The topological polar surface area (TPSA) is 63.8 Å². The monoisotopic (exact) mass is 380 g/mol. The molecule has 2 unspecified atom stereocenters. The van der Waals surface area contributed by atoms with Crippen molar-refractivity contribution in [2.24, 2.45) is 0 Å². The van der Waals surface area contributed by atoms with Gasteiger partial charge >= 0.3 is 0 Å². The summed E-state index contributed by atoms with van der Waals surface area (Å²) in [5, 5.41) is 16.6. The number of nitrogens with zero attached hydrogens (tertiary/aromatic N) is 4. The number of para-hydroxylation sites is 1. The third kappa shape index (κ3) is 3.25. The molecule has 142 valence electrons. The molecule has 0 aliphatic heterocycles. The zero-order chi connectivity index (χ0) is 19.7. The van der Waals surface area contributed by atoms with Gasteiger partial charge < -0.3 is 5.11 Å². The first-order chi connectivity index (χ1) is 13.5. The summed E-state index contributed by atoms with van der Waals surface area (Å²) < 4.78 is 29.5. The third-order valence-corrected chi connectivity index (χ3v) is 5.05. The zero-order valence-corrected chi connectivity index (χ0v) is 15.1. The zero-order valence-electron chi connectivity index (χ0n) is 15.1. The van der Waals surface area contributed by atoms with Gasteiger partial charge in [0.2, 0.25) is 0 Å². The fourth-order valence-electron chi connectivity index (χ4n) is 3.42. The number of benzene rings is 2. The van der Waals surface area contributed by atoms with Gasteiger partial charge in [-0.2, -0.15) is 5.10 Å². The average molecular weight is 380 g/mol. The second-order valence-electron chi connectivity index (χ2n) is 6.79. The Labute approximate surface area is 160 Å². The van der Waals surface area contributed by atoms with Crippen molar-refractivity contribution >= 4 is 10.9 Å². The molecular formula is C21H18F2N4O. The molecule has 2 atom stereocenters. The first kappa shape index (κ1) is 18.2. The average Bonchev–Trinajstić information content (AvgIpc) is 3.19. The third-order valence-electron chi connectivity index (χ3n) is 5.05. The van der Waals surface area contributed by atoms with Gasteiger partial charge in [-0.15, -0.1) is 0 Å². The summed E-state index contributed by atoms with van der Waals surface area (Å²) in [5.41, 5.74) is -0.382. The lowest BCUT2D eigenvalue weighted by molar-refractivity contribution is -0.0122. The van der Waals surface area contributed by atoms with Crippen molar-refractivity contribution < 1.29 is 13.9 Å². The van der Waals surface area contributed by atoms with Crippen molar-refractivity contribution in [3.8, 4) is 0 Å². The maximum absolute atomic E-state index is 14.6. The van der Waals surface area contributed by atoms with E-state index in [1.165, 1.54) is 23.4 Å². The van der Waals surface area contributed by atoms with Crippen LogP contribution in [0.15, 0.2) is 67.3 Å². The number of aromatic nitrogens is 4. The molecule has 28 heavy (non-hydrogen) atoms. The highest BCUT2D eigenvalue weighted by Gasteiger charge is 2.40. The first-order valence-electron chi connectivity index (χ1n) is 8.83. The Morgan fingerprint density at radius 1 is 1.11 bits per heavy atom. The maximum atomic E-state index is 14.6. The number of halogens is 2. The minimum Gasteiger partial charge on any atom is -0.382 e. The normalized spacial score (nSPS) is 14.7. The molecular weight excluding hydrogens is 362 g/mol. The van der Waals surface area contributed by atoms with Crippen molar-refractivity contribution in [1.82, 2.24) is 19.7 Å². The van der Waals surface area contributed by atoms with E-state index < -0.39 is 23.2 Å². The smallest absolute Gasteiger partial charge is 0.137 e. The summed E-state index contributed by atoms with van der Waals surface area (Å²) in [6, 6.07) is 14.5. The summed E-state index contributed by atoms with van der Waals surface area (Å²) in [6.07, 6.45) is 2.77. The standard InChI is InChI=1S/C21H18F2N4O/c1-14(19-9-6-15-4-2-3-5-20(15)26-19)21(28,11-27-13-24-12-25-27)17-8-7-16(22)10-18(17)23/h2-10,12-14,28H,11H2,1H3. The second kappa shape index (κ2) is 7.09. The molecule has 2 aromatic carbocycles. The number of pyridine rings is 1. The lowest BCUT2D eigenvalue weighted by Crippen LogP contribution is -2.38. The van der Waals surface area contributed by atoms with Gasteiger partial charge in [-0.05, 0) is 18.2 Å². The van der Waals surface area contributed by atoms with E-state index in [4.69, 9.17) is 0 Å².